The van der Waals surface area contributed by atoms with Crippen LogP contribution in [0.3, 0.4) is 0 Å². The minimum Gasteiger partial charge on any atom is -0.372 e. The van der Waals surface area contributed by atoms with Crippen LogP contribution in [0.2, 0.25) is 0 Å². The lowest BCUT2D eigenvalue weighted by molar-refractivity contribution is -0.131. The van der Waals surface area contributed by atoms with Gasteiger partial charge < -0.3 is 19.5 Å². The number of hydrogen-bond donors (Lipinski definition) is 1. The third kappa shape index (κ3) is 5.33. The van der Waals surface area contributed by atoms with E-state index in [0.29, 0.717) is 37.7 Å². The Labute approximate surface area is 144 Å². The minimum atomic E-state index is -0.449. The quantitative estimate of drug-likeness (QED) is 0.738. The number of aryl methyl sites for hydroxylation is 1. The van der Waals surface area contributed by atoms with Crippen LogP contribution in [0, 0.1) is 12.8 Å². The van der Waals surface area contributed by atoms with Crippen LogP contribution in [0.5, 0.6) is 0 Å². The van der Waals surface area contributed by atoms with Crippen molar-refractivity contribution >= 4 is 11.8 Å². The van der Waals surface area contributed by atoms with Crippen molar-refractivity contribution in [2.75, 3.05) is 26.7 Å². The standard InChI is InChI=1S/C17H30N4O3/c1-7-21(17(23)14-11-19-13(4)20(14)5)9-8-18-16(22)15(24-6)10-12(2)3/h11-12,15H,7-10H2,1-6H3,(H,18,22). The maximum Gasteiger partial charge on any atom is 0.272 e. The number of aromatic nitrogens is 2. The fraction of sp³-hybridized carbons (Fsp3) is 0.706. The Kier molecular flexibility index (Phi) is 7.91. The van der Waals surface area contributed by atoms with Crippen molar-refractivity contribution in [2.45, 2.75) is 40.2 Å². The van der Waals surface area contributed by atoms with Gasteiger partial charge in [-0.05, 0) is 26.2 Å². The number of hydrogen-bond acceptors (Lipinski definition) is 4. The lowest BCUT2D eigenvalue weighted by atomic mass is 10.1. The van der Waals surface area contributed by atoms with Crippen molar-refractivity contribution in [1.82, 2.24) is 19.8 Å². The molecule has 1 unspecified atom stereocenters. The molecule has 136 valence electrons. The van der Waals surface area contributed by atoms with Gasteiger partial charge in [-0.15, -0.1) is 0 Å². The van der Waals surface area contributed by atoms with E-state index >= 15 is 0 Å². The Balaban J connectivity index is 2.56. The van der Waals surface area contributed by atoms with Gasteiger partial charge in [0.05, 0.1) is 6.20 Å². The van der Waals surface area contributed by atoms with Gasteiger partial charge in [-0.1, -0.05) is 13.8 Å². The first kappa shape index (κ1) is 20.2. The molecular weight excluding hydrogens is 308 g/mol. The number of methoxy groups -OCH3 is 1. The second-order valence-electron chi connectivity index (χ2n) is 6.28. The summed E-state index contributed by atoms with van der Waals surface area (Å²) in [6, 6.07) is 0. The molecule has 1 heterocycles. The molecule has 1 aromatic heterocycles. The fourth-order valence-corrected chi connectivity index (χ4v) is 2.43. The van der Waals surface area contributed by atoms with Gasteiger partial charge in [0, 0.05) is 33.8 Å². The predicted molar refractivity (Wildman–Crippen MR) is 92.8 cm³/mol. The molecule has 0 saturated carbocycles. The van der Waals surface area contributed by atoms with Crippen molar-refractivity contribution in [3.05, 3.63) is 17.7 Å². The Bertz CT molecular complexity index is 554. The predicted octanol–water partition coefficient (Wildman–Crippen LogP) is 1.37. The number of likely N-dealkylation sites (N-methyl/N-ethyl adjacent to an activating group) is 1. The highest BCUT2D eigenvalue weighted by Gasteiger charge is 2.21. The summed E-state index contributed by atoms with van der Waals surface area (Å²) >= 11 is 0. The number of nitrogens with one attached hydrogen (secondary N) is 1. The zero-order valence-electron chi connectivity index (χ0n) is 15.6. The van der Waals surface area contributed by atoms with Crippen LogP contribution in [0.1, 0.15) is 43.5 Å². The summed E-state index contributed by atoms with van der Waals surface area (Å²) in [6.07, 6.45) is 1.81. The zero-order chi connectivity index (χ0) is 18.3. The molecule has 0 fully saturated rings. The molecule has 0 radical (unpaired) electrons. The summed E-state index contributed by atoms with van der Waals surface area (Å²) < 4.78 is 7.01. The van der Waals surface area contributed by atoms with Crippen LogP contribution < -0.4 is 5.32 Å². The molecule has 1 atom stereocenters. The second kappa shape index (κ2) is 9.42. The maximum absolute atomic E-state index is 12.5. The van der Waals surface area contributed by atoms with Crippen molar-refractivity contribution < 1.29 is 14.3 Å². The molecule has 1 aromatic rings. The molecule has 0 aromatic carbocycles. The first-order chi connectivity index (χ1) is 11.3. The number of carbonyl (C=O) groups is 2. The van der Waals surface area contributed by atoms with Crippen LogP contribution in [-0.4, -0.2) is 59.1 Å². The van der Waals surface area contributed by atoms with E-state index in [1.54, 1.807) is 22.8 Å². The highest BCUT2D eigenvalue weighted by Crippen LogP contribution is 2.08. The smallest absolute Gasteiger partial charge is 0.272 e. The topological polar surface area (TPSA) is 76.5 Å². The molecule has 0 saturated heterocycles. The molecule has 1 rings (SSSR count). The van der Waals surface area contributed by atoms with Crippen molar-refractivity contribution in [2.24, 2.45) is 13.0 Å². The number of carbonyl (C=O) groups excluding carboxylic acids is 2. The van der Waals surface area contributed by atoms with E-state index in [1.165, 1.54) is 0 Å². The van der Waals surface area contributed by atoms with E-state index in [1.807, 2.05) is 34.7 Å². The molecule has 2 amide bonds. The summed E-state index contributed by atoms with van der Waals surface area (Å²) in [4.78, 5) is 30.5. The molecule has 0 spiro atoms. The van der Waals surface area contributed by atoms with E-state index in [0.717, 1.165) is 5.82 Å². The molecule has 0 aliphatic heterocycles. The largest absolute Gasteiger partial charge is 0.372 e. The molecule has 0 bridgehead atoms. The van der Waals surface area contributed by atoms with Crippen LogP contribution in [0.4, 0.5) is 0 Å². The maximum atomic E-state index is 12.5. The van der Waals surface area contributed by atoms with E-state index in [2.05, 4.69) is 10.3 Å². The summed E-state index contributed by atoms with van der Waals surface area (Å²) in [6.45, 7) is 9.28. The lowest BCUT2D eigenvalue weighted by Gasteiger charge is -2.22. The third-order valence-electron chi connectivity index (χ3n) is 4.05. The number of imidazole rings is 1. The Morgan fingerprint density at radius 2 is 2.08 bits per heavy atom. The van der Waals surface area contributed by atoms with Crippen LogP contribution in [0.25, 0.3) is 0 Å². The van der Waals surface area contributed by atoms with Crippen LogP contribution in [0.15, 0.2) is 6.20 Å². The van der Waals surface area contributed by atoms with Crippen molar-refractivity contribution in [3.63, 3.8) is 0 Å². The second-order valence-corrected chi connectivity index (χ2v) is 6.28. The van der Waals surface area contributed by atoms with Crippen LogP contribution >= 0.6 is 0 Å². The Morgan fingerprint density at radius 1 is 1.42 bits per heavy atom. The molecule has 7 heteroatoms. The van der Waals surface area contributed by atoms with E-state index in [-0.39, 0.29) is 11.8 Å². The molecule has 7 nitrogen and oxygen atoms in total. The summed E-state index contributed by atoms with van der Waals surface area (Å²) in [7, 11) is 3.36. The highest BCUT2D eigenvalue weighted by molar-refractivity contribution is 5.92. The van der Waals surface area contributed by atoms with Gasteiger partial charge >= 0.3 is 0 Å². The monoisotopic (exact) mass is 338 g/mol. The zero-order valence-corrected chi connectivity index (χ0v) is 15.6. The van der Waals surface area contributed by atoms with Gasteiger partial charge in [-0.25, -0.2) is 4.98 Å². The third-order valence-corrected chi connectivity index (χ3v) is 4.05. The molecule has 24 heavy (non-hydrogen) atoms. The van der Waals surface area contributed by atoms with E-state index in [4.69, 9.17) is 4.74 Å². The summed E-state index contributed by atoms with van der Waals surface area (Å²) in [5, 5.41) is 2.85. The Hall–Kier alpha value is -1.89. The Morgan fingerprint density at radius 3 is 2.54 bits per heavy atom. The summed E-state index contributed by atoms with van der Waals surface area (Å²) in [5.41, 5.74) is 0.551. The number of rotatable bonds is 9. The first-order valence-electron chi connectivity index (χ1n) is 8.39. The van der Waals surface area contributed by atoms with Crippen molar-refractivity contribution in [1.29, 1.82) is 0 Å². The fourth-order valence-electron chi connectivity index (χ4n) is 2.43. The van der Waals surface area contributed by atoms with E-state index < -0.39 is 6.10 Å². The molecule has 0 aliphatic rings. The van der Waals surface area contributed by atoms with Gasteiger partial charge in [-0.2, -0.15) is 0 Å². The number of amides is 2. The van der Waals surface area contributed by atoms with Gasteiger partial charge in [0.25, 0.3) is 5.91 Å². The SMILES string of the molecule is CCN(CCNC(=O)C(CC(C)C)OC)C(=O)c1cnc(C)n1C. The first-order valence-corrected chi connectivity index (χ1v) is 8.39. The van der Waals surface area contributed by atoms with E-state index in [9.17, 15) is 9.59 Å². The minimum absolute atomic E-state index is 0.0830. The van der Waals surface area contributed by atoms with Crippen LogP contribution in [-0.2, 0) is 16.6 Å². The molecule has 0 aliphatic carbocycles. The summed E-state index contributed by atoms with van der Waals surface area (Å²) in [5.74, 6) is 0.952. The van der Waals surface area contributed by atoms with Gasteiger partial charge in [0.2, 0.25) is 5.91 Å². The van der Waals surface area contributed by atoms with Gasteiger partial charge in [-0.3, -0.25) is 9.59 Å². The average Bonchev–Trinajstić information content (AvgIpc) is 2.87. The highest BCUT2D eigenvalue weighted by atomic mass is 16.5. The number of nitrogens with zero attached hydrogens (tertiary/aromatic N) is 3. The van der Waals surface area contributed by atoms with Crippen molar-refractivity contribution in [3.8, 4) is 0 Å². The lowest BCUT2D eigenvalue weighted by Crippen LogP contribution is -2.42. The molecular formula is C17H30N4O3. The molecule has 1 N–H and O–H groups in total. The number of ether oxygens (including phenoxy) is 1. The average molecular weight is 338 g/mol. The van der Waals surface area contributed by atoms with Gasteiger partial charge in [0.1, 0.15) is 17.6 Å². The van der Waals surface area contributed by atoms with Gasteiger partial charge in [0.15, 0.2) is 0 Å². The normalized spacial score (nSPS) is 12.3.